The van der Waals surface area contributed by atoms with Crippen LogP contribution in [0.3, 0.4) is 0 Å². The van der Waals surface area contributed by atoms with E-state index in [0.29, 0.717) is 22.0 Å². The Labute approximate surface area is 133 Å². The number of halogens is 2. The summed E-state index contributed by atoms with van der Waals surface area (Å²) >= 11 is 12.1. The van der Waals surface area contributed by atoms with Gasteiger partial charge in [-0.15, -0.1) is 0 Å². The quantitative estimate of drug-likeness (QED) is 0.789. The fourth-order valence-corrected chi connectivity index (χ4v) is 2.74. The Morgan fingerprint density at radius 1 is 1.10 bits per heavy atom. The maximum absolute atomic E-state index is 6.10. The minimum atomic E-state index is 0.258. The number of nitrogens with one attached hydrogen (secondary N) is 1. The molecule has 4 heteroatoms. The third-order valence-electron chi connectivity index (χ3n) is 3.27. The molecule has 2 unspecified atom stereocenters. The van der Waals surface area contributed by atoms with Crippen LogP contribution in [-0.4, -0.2) is 31.6 Å². The van der Waals surface area contributed by atoms with E-state index in [2.05, 4.69) is 45.1 Å². The maximum Gasteiger partial charge on any atom is 0.0595 e. The van der Waals surface area contributed by atoms with E-state index in [9.17, 15) is 0 Å². The second-order valence-electron chi connectivity index (χ2n) is 6.15. The van der Waals surface area contributed by atoms with Crippen molar-refractivity contribution in [1.82, 2.24) is 10.2 Å². The monoisotopic (exact) mass is 316 g/mol. The third kappa shape index (κ3) is 6.01. The van der Waals surface area contributed by atoms with E-state index in [1.54, 1.807) is 0 Å². The standard InChI is InChI=1S/C16H26Cl2N2/c1-11(2)8-14(10-20(4)5)19-12(3)13-6-7-15(17)16(18)9-13/h6-7,9,11-12,14,19H,8,10H2,1-5H3. The Morgan fingerprint density at radius 3 is 2.25 bits per heavy atom. The van der Waals surface area contributed by atoms with Crippen LogP contribution in [0, 0.1) is 5.92 Å². The number of benzene rings is 1. The molecule has 0 fully saturated rings. The van der Waals surface area contributed by atoms with Gasteiger partial charge >= 0.3 is 0 Å². The van der Waals surface area contributed by atoms with Crippen molar-refractivity contribution in [1.29, 1.82) is 0 Å². The lowest BCUT2D eigenvalue weighted by atomic mass is 10.0. The Bertz CT molecular complexity index is 409. The minimum absolute atomic E-state index is 0.258. The molecule has 0 aliphatic rings. The van der Waals surface area contributed by atoms with E-state index in [1.807, 2.05) is 18.2 Å². The van der Waals surface area contributed by atoms with E-state index in [0.717, 1.165) is 13.0 Å². The summed E-state index contributed by atoms with van der Waals surface area (Å²) in [5, 5.41) is 4.92. The number of likely N-dealkylation sites (N-methyl/N-ethyl adjacent to an activating group) is 1. The summed E-state index contributed by atoms with van der Waals surface area (Å²) < 4.78 is 0. The van der Waals surface area contributed by atoms with Crippen LogP contribution in [0.1, 0.15) is 38.8 Å². The summed E-state index contributed by atoms with van der Waals surface area (Å²) in [6.07, 6.45) is 1.16. The Kier molecular flexibility index (Phi) is 7.32. The van der Waals surface area contributed by atoms with Gasteiger partial charge in [-0.05, 0) is 51.1 Å². The Morgan fingerprint density at radius 2 is 1.75 bits per heavy atom. The average molecular weight is 317 g/mol. The fraction of sp³-hybridized carbons (Fsp3) is 0.625. The van der Waals surface area contributed by atoms with Gasteiger partial charge in [0, 0.05) is 18.6 Å². The summed E-state index contributed by atoms with van der Waals surface area (Å²) in [5.41, 5.74) is 1.17. The highest BCUT2D eigenvalue weighted by Gasteiger charge is 2.16. The average Bonchev–Trinajstić information content (AvgIpc) is 2.30. The molecular formula is C16H26Cl2N2. The normalized spacial score (nSPS) is 14.8. The predicted octanol–water partition coefficient (Wildman–Crippen LogP) is 4.62. The van der Waals surface area contributed by atoms with Gasteiger partial charge in [0.2, 0.25) is 0 Å². The molecule has 0 spiro atoms. The van der Waals surface area contributed by atoms with E-state index in [1.165, 1.54) is 5.56 Å². The number of hydrogen-bond donors (Lipinski definition) is 1. The van der Waals surface area contributed by atoms with Crippen molar-refractivity contribution in [2.24, 2.45) is 5.92 Å². The molecule has 114 valence electrons. The topological polar surface area (TPSA) is 15.3 Å². The van der Waals surface area contributed by atoms with Crippen LogP contribution in [-0.2, 0) is 0 Å². The van der Waals surface area contributed by atoms with Gasteiger partial charge in [-0.1, -0.05) is 43.1 Å². The Hall–Kier alpha value is -0.280. The second kappa shape index (κ2) is 8.23. The van der Waals surface area contributed by atoms with Gasteiger partial charge in [0.05, 0.1) is 10.0 Å². The molecule has 1 aromatic carbocycles. The highest BCUT2D eigenvalue weighted by Crippen LogP contribution is 2.26. The molecule has 0 radical (unpaired) electrons. The number of nitrogens with zero attached hydrogens (tertiary/aromatic N) is 1. The molecule has 1 aromatic rings. The largest absolute Gasteiger partial charge is 0.308 e. The molecule has 0 saturated heterocycles. The SMILES string of the molecule is CC(C)CC(CN(C)C)NC(C)c1ccc(Cl)c(Cl)c1. The molecular weight excluding hydrogens is 291 g/mol. The van der Waals surface area contributed by atoms with Crippen molar-refractivity contribution in [2.45, 2.75) is 39.3 Å². The first-order valence-electron chi connectivity index (χ1n) is 7.15. The van der Waals surface area contributed by atoms with Crippen molar-refractivity contribution in [3.8, 4) is 0 Å². The van der Waals surface area contributed by atoms with Crippen LogP contribution < -0.4 is 5.32 Å². The molecule has 1 N–H and O–H groups in total. The first kappa shape index (κ1) is 17.8. The smallest absolute Gasteiger partial charge is 0.0595 e. The lowest BCUT2D eigenvalue weighted by Crippen LogP contribution is -2.40. The van der Waals surface area contributed by atoms with Crippen molar-refractivity contribution in [3.63, 3.8) is 0 Å². The summed E-state index contributed by atoms with van der Waals surface area (Å²) in [7, 11) is 4.22. The molecule has 0 heterocycles. The molecule has 0 bridgehead atoms. The zero-order valence-corrected chi connectivity index (χ0v) is 14.6. The molecule has 2 nitrogen and oxygen atoms in total. The molecule has 2 atom stereocenters. The van der Waals surface area contributed by atoms with E-state index in [4.69, 9.17) is 23.2 Å². The van der Waals surface area contributed by atoms with Crippen molar-refractivity contribution in [3.05, 3.63) is 33.8 Å². The van der Waals surface area contributed by atoms with Gasteiger partial charge in [0.25, 0.3) is 0 Å². The van der Waals surface area contributed by atoms with E-state index >= 15 is 0 Å². The zero-order valence-electron chi connectivity index (χ0n) is 13.1. The lowest BCUT2D eigenvalue weighted by Gasteiger charge is -2.27. The van der Waals surface area contributed by atoms with Gasteiger partial charge in [0.1, 0.15) is 0 Å². The van der Waals surface area contributed by atoms with Crippen LogP contribution in [0.4, 0.5) is 0 Å². The van der Waals surface area contributed by atoms with E-state index in [-0.39, 0.29) is 6.04 Å². The summed E-state index contributed by atoms with van der Waals surface area (Å²) in [6.45, 7) is 7.72. The van der Waals surface area contributed by atoms with Gasteiger partial charge in [-0.25, -0.2) is 0 Å². The van der Waals surface area contributed by atoms with Crippen LogP contribution in [0.2, 0.25) is 10.0 Å². The van der Waals surface area contributed by atoms with Crippen molar-refractivity contribution >= 4 is 23.2 Å². The van der Waals surface area contributed by atoms with Gasteiger partial charge in [-0.2, -0.15) is 0 Å². The van der Waals surface area contributed by atoms with Crippen LogP contribution >= 0.6 is 23.2 Å². The maximum atomic E-state index is 6.10. The number of hydrogen-bond acceptors (Lipinski definition) is 2. The van der Waals surface area contributed by atoms with Crippen LogP contribution in [0.5, 0.6) is 0 Å². The molecule has 0 aliphatic carbocycles. The third-order valence-corrected chi connectivity index (χ3v) is 4.01. The summed E-state index contributed by atoms with van der Waals surface area (Å²) in [4.78, 5) is 2.22. The van der Waals surface area contributed by atoms with Crippen molar-refractivity contribution in [2.75, 3.05) is 20.6 Å². The Balaban J connectivity index is 2.73. The molecule has 0 aliphatic heterocycles. The molecule has 0 aromatic heterocycles. The summed E-state index contributed by atoms with van der Waals surface area (Å²) in [6, 6.07) is 6.57. The first-order chi connectivity index (χ1) is 9.29. The predicted molar refractivity (Wildman–Crippen MR) is 89.8 cm³/mol. The van der Waals surface area contributed by atoms with Gasteiger partial charge in [0.15, 0.2) is 0 Å². The van der Waals surface area contributed by atoms with Crippen LogP contribution in [0.15, 0.2) is 18.2 Å². The highest BCUT2D eigenvalue weighted by atomic mass is 35.5. The lowest BCUT2D eigenvalue weighted by molar-refractivity contribution is 0.291. The van der Waals surface area contributed by atoms with Gasteiger partial charge in [-0.3, -0.25) is 0 Å². The molecule has 20 heavy (non-hydrogen) atoms. The summed E-state index contributed by atoms with van der Waals surface area (Å²) in [5.74, 6) is 0.674. The second-order valence-corrected chi connectivity index (χ2v) is 6.97. The van der Waals surface area contributed by atoms with Crippen LogP contribution in [0.25, 0.3) is 0 Å². The fourth-order valence-electron chi connectivity index (χ4n) is 2.44. The highest BCUT2D eigenvalue weighted by molar-refractivity contribution is 6.42. The minimum Gasteiger partial charge on any atom is -0.308 e. The molecule has 0 amide bonds. The van der Waals surface area contributed by atoms with Crippen molar-refractivity contribution < 1.29 is 0 Å². The molecule has 0 saturated carbocycles. The van der Waals surface area contributed by atoms with Gasteiger partial charge < -0.3 is 10.2 Å². The molecule has 1 rings (SSSR count). The van der Waals surface area contributed by atoms with E-state index < -0.39 is 0 Å². The zero-order chi connectivity index (χ0) is 15.3. The number of rotatable bonds is 7. The first-order valence-corrected chi connectivity index (χ1v) is 7.91.